The molecule has 1 fully saturated rings. The topological polar surface area (TPSA) is 53.7 Å². The van der Waals surface area contributed by atoms with Crippen LogP contribution in [0.15, 0.2) is 18.5 Å². The van der Waals surface area contributed by atoms with Gasteiger partial charge in [0.25, 0.3) is 0 Å². The molecular weight excluding hydrogens is 230 g/mol. The lowest BCUT2D eigenvalue weighted by molar-refractivity contribution is -0.129. The van der Waals surface area contributed by atoms with E-state index in [1.165, 1.54) is 0 Å². The van der Waals surface area contributed by atoms with Gasteiger partial charge in [0.1, 0.15) is 5.52 Å². The van der Waals surface area contributed by atoms with Gasteiger partial charge < -0.3 is 9.80 Å². The van der Waals surface area contributed by atoms with Crippen molar-refractivity contribution in [1.82, 2.24) is 19.5 Å². The van der Waals surface area contributed by atoms with E-state index in [1.54, 1.807) is 15.6 Å². The normalized spacial score (nSPS) is 16.7. The van der Waals surface area contributed by atoms with Crippen LogP contribution in [-0.2, 0) is 4.79 Å². The number of piperazine rings is 1. The first-order chi connectivity index (χ1) is 8.65. The van der Waals surface area contributed by atoms with Gasteiger partial charge >= 0.3 is 0 Å². The predicted octanol–water partition coefficient (Wildman–Crippen LogP) is 0.316. The molecule has 1 aliphatic heterocycles. The Morgan fingerprint density at radius 1 is 1.33 bits per heavy atom. The summed E-state index contributed by atoms with van der Waals surface area (Å²) in [5.41, 5.74) is 1.90. The number of carbonyl (C=O) groups excluding carboxylic acids is 1. The summed E-state index contributed by atoms with van der Waals surface area (Å²) in [4.78, 5) is 19.9. The van der Waals surface area contributed by atoms with Gasteiger partial charge in [-0.2, -0.15) is 5.10 Å². The zero-order valence-electron chi connectivity index (χ0n) is 10.5. The molecule has 0 aromatic carbocycles. The summed E-state index contributed by atoms with van der Waals surface area (Å²) in [5, 5.41) is 4.36. The second kappa shape index (κ2) is 3.97. The largest absolute Gasteiger partial charge is 0.344 e. The van der Waals surface area contributed by atoms with Gasteiger partial charge in [0.15, 0.2) is 5.82 Å². The molecule has 0 N–H and O–H groups in total. The van der Waals surface area contributed by atoms with Crippen LogP contribution in [0, 0.1) is 6.92 Å². The van der Waals surface area contributed by atoms with Crippen LogP contribution in [0.4, 0.5) is 5.82 Å². The first kappa shape index (κ1) is 11.0. The molecule has 2 aromatic heterocycles. The summed E-state index contributed by atoms with van der Waals surface area (Å²) in [6, 6.07) is 1.99. The molecular formula is C12H15N5O. The van der Waals surface area contributed by atoms with Crippen molar-refractivity contribution < 1.29 is 4.79 Å². The molecule has 1 aliphatic rings. The third kappa shape index (κ3) is 1.70. The number of anilines is 1. The number of amides is 1. The van der Waals surface area contributed by atoms with E-state index in [0.29, 0.717) is 6.54 Å². The summed E-state index contributed by atoms with van der Waals surface area (Å²) in [5.74, 6) is 0.959. The van der Waals surface area contributed by atoms with Gasteiger partial charge in [0.2, 0.25) is 5.91 Å². The number of likely N-dealkylation sites (N-methyl/N-ethyl adjacent to an activating group) is 1. The molecule has 6 nitrogen and oxygen atoms in total. The monoisotopic (exact) mass is 245 g/mol. The molecule has 0 unspecified atom stereocenters. The lowest BCUT2D eigenvalue weighted by Gasteiger charge is -2.32. The second-order valence-electron chi connectivity index (χ2n) is 4.60. The zero-order valence-corrected chi connectivity index (χ0v) is 10.5. The van der Waals surface area contributed by atoms with Gasteiger partial charge in [-0.1, -0.05) is 0 Å². The fourth-order valence-electron chi connectivity index (χ4n) is 2.21. The Kier molecular flexibility index (Phi) is 2.43. The standard InChI is InChI=1S/C12H15N5O/c1-9-7-10-12(13-3-4-17(10)14-9)16-6-5-15(2)11(18)8-16/h3-4,7H,5-6,8H2,1-2H3. The third-order valence-electron chi connectivity index (χ3n) is 3.25. The summed E-state index contributed by atoms with van der Waals surface area (Å²) in [6.07, 6.45) is 3.54. The first-order valence-electron chi connectivity index (χ1n) is 5.95. The predicted molar refractivity (Wildman–Crippen MR) is 67.6 cm³/mol. The minimum Gasteiger partial charge on any atom is -0.344 e. The van der Waals surface area contributed by atoms with Crippen molar-refractivity contribution in [3.05, 3.63) is 24.2 Å². The van der Waals surface area contributed by atoms with Crippen molar-refractivity contribution in [1.29, 1.82) is 0 Å². The Labute approximate surface area is 105 Å². The number of hydrogen-bond acceptors (Lipinski definition) is 4. The SMILES string of the molecule is Cc1cc2c(N3CCN(C)C(=O)C3)nccn2n1. The summed E-state index contributed by atoms with van der Waals surface area (Å²) >= 11 is 0. The van der Waals surface area contributed by atoms with Gasteiger partial charge in [0, 0.05) is 32.5 Å². The summed E-state index contributed by atoms with van der Waals surface area (Å²) in [7, 11) is 1.83. The fourth-order valence-corrected chi connectivity index (χ4v) is 2.21. The fraction of sp³-hybridized carbons (Fsp3) is 0.417. The van der Waals surface area contributed by atoms with Crippen molar-refractivity contribution in [3.63, 3.8) is 0 Å². The van der Waals surface area contributed by atoms with Gasteiger partial charge in [-0.15, -0.1) is 0 Å². The molecule has 18 heavy (non-hydrogen) atoms. The number of hydrogen-bond donors (Lipinski definition) is 0. The van der Waals surface area contributed by atoms with E-state index in [-0.39, 0.29) is 5.91 Å². The Morgan fingerprint density at radius 2 is 2.17 bits per heavy atom. The van der Waals surface area contributed by atoms with Crippen LogP contribution in [0.3, 0.4) is 0 Å². The number of carbonyl (C=O) groups is 1. The molecule has 0 spiro atoms. The maximum Gasteiger partial charge on any atom is 0.241 e. The Bertz CT molecular complexity index is 606. The highest BCUT2D eigenvalue weighted by molar-refractivity contribution is 5.84. The number of nitrogens with zero attached hydrogens (tertiary/aromatic N) is 5. The molecule has 2 aromatic rings. The molecule has 0 saturated carbocycles. The number of aryl methyl sites for hydroxylation is 1. The summed E-state index contributed by atoms with van der Waals surface area (Å²) in [6.45, 7) is 3.87. The Morgan fingerprint density at radius 3 is 2.94 bits per heavy atom. The highest BCUT2D eigenvalue weighted by Gasteiger charge is 2.23. The number of rotatable bonds is 1. The van der Waals surface area contributed by atoms with E-state index in [0.717, 1.165) is 30.1 Å². The van der Waals surface area contributed by atoms with E-state index in [4.69, 9.17) is 0 Å². The van der Waals surface area contributed by atoms with Gasteiger partial charge in [-0.25, -0.2) is 9.50 Å². The van der Waals surface area contributed by atoms with Crippen LogP contribution in [0.25, 0.3) is 5.52 Å². The lowest BCUT2D eigenvalue weighted by atomic mass is 10.3. The van der Waals surface area contributed by atoms with E-state index in [1.807, 2.05) is 31.1 Å². The van der Waals surface area contributed by atoms with Gasteiger partial charge in [-0.05, 0) is 13.0 Å². The van der Waals surface area contributed by atoms with E-state index < -0.39 is 0 Å². The van der Waals surface area contributed by atoms with Crippen molar-refractivity contribution in [3.8, 4) is 0 Å². The second-order valence-corrected chi connectivity index (χ2v) is 4.60. The average Bonchev–Trinajstić information content (AvgIpc) is 2.72. The van der Waals surface area contributed by atoms with Crippen molar-refractivity contribution in [2.75, 3.05) is 31.6 Å². The Hall–Kier alpha value is -2.11. The minimum absolute atomic E-state index is 0.126. The quantitative estimate of drug-likeness (QED) is 0.726. The summed E-state index contributed by atoms with van der Waals surface area (Å²) < 4.78 is 1.81. The van der Waals surface area contributed by atoms with Gasteiger partial charge in [0.05, 0.1) is 12.2 Å². The number of aromatic nitrogens is 3. The van der Waals surface area contributed by atoms with Crippen LogP contribution in [-0.4, -0.2) is 52.1 Å². The average molecular weight is 245 g/mol. The van der Waals surface area contributed by atoms with Crippen LogP contribution < -0.4 is 4.90 Å². The van der Waals surface area contributed by atoms with Crippen LogP contribution in [0.1, 0.15) is 5.69 Å². The highest BCUT2D eigenvalue weighted by Crippen LogP contribution is 2.20. The van der Waals surface area contributed by atoms with E-state index in [2.05, 4.69) is 10.1 Å². The third-order valence-corrected chi connectivity index (χ3v) is 3.25. The van der Waals surface area contributed by atoms with Gasteiger partial charge in [-0.3, -0.25) is 4.79 Å². The molecule has 0 bridgehead atoms. The maximum atomic E-state index is 11.8. The molecule has 1 amide bonds. The maximum absolute atomic E-state index is 11.8. The van der Waals surface area contributed by atoms with Crippen molar-refractivity contribution in [2.24, 2.45) is 0 Å². The molecule has 0 atom stereocenters. The smallest absolute Gasteiger partial charge is 0.241 e. The number of fused-ring (bicyclic) bond motifs is 1. The molecule has 1 saturated heterocycles. The van der Waals surface area contributed by atoms with Crippen LogP contribution in [0.5, 0.6) is 0 Å². The minimum atomic E-state index is 0.126. The zero-order chi connectivity index (χ0) is 12.7. The Balaban J connectivity index is 2.01. The molecule has 94 valence electrons. The van der Waals surface area contributed by atoms with Crippen molar-refractivity contribution in [2.45, 2.75) is 6.92 Å². The van der Waals surface area contributed by atoms with Crippen molar-refractivity contribution >= 4 is 17.2 Å². The molecule has 3 rings (SSSR count). The van der Waals surface area contributed by atoms with E-state index in [9.17, 15) is 4.79 Å². The van der Waals surface area contributed by atoms with E-state index >= 15 is 0 Å². The van der Waals surface area contributed by atoms with Crippen LogP contribution in [0.2, 0.25) is 0 Å². The lowest BCUT2D eigenvalue weighted by Crippen LogP contribution is -2.49. The molecule has 0 aliphatic carbocycles. The molecule has 0 radical (unpaired) electrons. The molecule has 6 heteroatoms. The molecule has 3 heterocycles. The van der Waals surface area contributed by atoms with Crippen LogP contribution >= 0.6 is 0 Å². The highest BCUT2D eigenvalue weighted by atomic mass is 16.2. The first-order valence-corrected chi connectivity index (χ1v) is 5.95.